The number of benzene rings is 12. The number of aromatic nitrogens is 3. The lowest BCUT2D eigenvalue weighted by atomic mass is 9.91. The molecule has 18 rings (SSSR count). The van der Waals surface area contributed by atoms with Gasteiger partial charge in [0, 0.05) is 64.6 Å². The van der Waals surface area contributed by atoms with E-state index >= 15 is 0 Å². The molecular weight excluding hydrogens is 969 g/mol. The van der Waals surface area contributed by atoms with Gasteiger partial charge >= 0.3 is 0 Å². The van der Waals surface area contributed by atoms with Gasteiger partial charge in [0.15, 0.2) is 0 Å². The van der Waals surface area contributed by atoms with E-state index in [1.807, 2.05) is 12.1 Å². The smallest absolute Gasteiger partial charge is 0.0991 e. The fraction of sp³-hybridized carbons (Fsp3) is 0.0395. The van der Waals surface area contributed by atoms with Crippen LogP contribution < -0.4 is 0 Å². The third-order valence-corrected chi connectivity index (χ3v) is 18.1. The third-order valence-electron chi connectivity index (χ3n) is 18.1. The first-order valence-electron chi connectivity index (χ1n) is 27.7. The summed E-state index contributed by atoms with van der Waals surface area (Å²) in [6.07, 6.45) is 0. The van der Waals surface area contributed by atoms with E-state index in [4.69, 9.17) is 0 Å². The van der Waals surface area contributed by atoms with Crippen LogP contribution >= 0.6 is 0 Å². The van der Waals surface area contributed by atoms with Gasteiger partial charge in [-0.3, -0.25) is 0 Å². The molecule has 0 unspecified atom stereocenters. The normalized spacial score (nSPS) is 12.4. The van der Waals surface area contributed by atoms with Crippen LogP contribution in [0, 0.1) is 32.1 Å². The molecule has 6 heterocycles. The summed E-state index contributed by atoms with van der Waals surface area (Å²) in [5.41, 5.74) is 27.7. The van der Waals surface area contributed by atoms with E-state index in [1.54, 1.807) is 0 Å². The Morgan fingerprint density at radius 3 is 0.975 bits per heavy atom. The number of hydrogen-bond donors (Lipinski definition) is 0. The zero-order chi connectivity index (χ0) is 52.8. The Labute approximate surface area is 459 Å². The van der Waals surface area contributed by atoms with Crippen molar-refractivity contribution in [1.82, 2.24) is 13.2 Å². The highest BCUT2D eigenvalue weighted by molar-refractivity contribution is 6.28. The number of para-hydroxylation sites is 2. The Morgan fingerprint density at radius 2 is 0.575 bits per heavy atom. The summed E-state index contributed by atoms with van der Waals surface area (Å²) in [4.78, 5) is 0. The molecule has 0 saturated heterocycles. The van der Waals surface area contributed by atoms with Crippen LogP contribution in [0.15, 0.2) is 224 Å². The predicted octanol–water partition coefficient (Wildman–Crippen LogP) is 20.3. The second-order valence-electron chi connectivity index (χ2n) is 22.6. The maximum Gasteiger partial charge on any atom is 0.0991 e. The molecule has 6 aromatic heterocycles. The Kier molecular flexibility index (Phi) is 8.51. The second-order valence-corrected chi connectivity index (χ2v) is 22.6. The highest BCUT2D eigenvalue weighted by Crippen LogP contribution is 2.48. The largest absolute Gasteiger partial charge is 0.308 e. The molecule has 0 aliphatic carbocycles. The van der Waals surface area contributed by atoms with Crippen molar-refractivity contribution in [3.8, 4) is 61.7 Å². The maximum atomic E-state index is 9.58. The van der Waals surface area contributed by atoms with E-state index in [1.165, 1.54) is 175 Å². The molecule has 0 spiro atoms. The molecule has 4 heteroatoms. The van der Waals surface area contributed by atoms with Crippen LogP contribution in [0.25, 0.3) is 170 Å². The van der Waals surface area contributed by atoms with E-state index in [-0.39, 0.29) is 0 Å². The van der Waals surface area contributed by atoms with E-state index < -0.39 is 0 Å². The summed E-state index contributed by atoms with van der Waals surface area (Å²) in [6, 6.07) is 86.2. The summed E-state index contributed by atoms with van der Waals surface area (Å²) < 4.78 is 7.46. The quantitative estimate of drug-likeness (QED) is 0.169. The topological polar surface area (TPSA) is 37.0 Å². The maximum absolute atomic E-state index is 9.58. The van der Waals surface area contributed by atoms with Gasteiger partial charge in [-0.2, -0.15) is 5.26 Å². The lowest BCUT2D eigenvalue weighted by Crippen LogP contribution is -1.90. The molecule has 18 aromatic rings. The summed E-state index contributed by atoms with van der Waals surface area (Å²) in [6.45, 7) is 6.71. The summed E-state index contributed by atoms with van der Waals surface area (Å²) >= 11 is 0. The number of aryl methyl sites for hydroxylation is 3. The van der Waals surface area contributed by atoms with Crippen molar-refractivity contribution in [2.75, 3.05) is 0 Å². The molecule has 0 N–H and O–H groups in total. The molecule has 0 aliphatic heterocycles. The molecular formula is C76H46N4. The molecule has 0 radical (unpaired) electrons. The van der Waals surface area contributed by atoms with Gasteiger partial charge in [-0.05, 0) is 197 Å². The molecule has 370 valence electrons. The molecule has 80 heavy (non-hydrogen) atoms. The predicted molar refractivity (Wildman–Crippen MR) is 337 cm³/mol. The molecule has 12 aromatic carbocycles. The zero-order valence-electron chi connectivity index (χ0n) is 44.2. The highest BCUT2D eigenvalue weighted by atomic mass is 14.9. The molecule has 0 fully saturated rings. The Morgan fingerprint density at radius 1 is 0.263 bits per heavy atom. The van der Waals surface area contributed by atoms with E-state index in [0.29, 0.717) is 5.56 Å². The van der Waals surface area contributed by atoms with Gasteiger partial charge in [0.2, 0.25) is 0 Å². The number of nitriles is 1. The van der Waals surface area contributed by atoms with Crippen LogP contribution in [0.2, 0.25) is 0 Å². The van der Waals surface area contributed by atoms with Crippen LogP contribution in [0.5, 0.6) is 0 Å². The average Bonchev–Trinajstić information content (AvgIpc) is 4.52. The molecule has 4 nitrogen and oxygen atoms in total. The van der Waals surface area contributed by atoms with Gasteiger partial charge in [0.05, 0.1) is 61.3 Å². The fourth-order valence-electron chi connectivity index (χ4n) is 14.7. The van der Waals surface area contributed by atoms with Crippen molar-refractivity contribution >= 4 is 114 Å². The third kappa shape index (κ3) is 5.77. The van der Waals surface area contributed by atoms with Gasteiger partial charge < -0.3 is 13.2 Å². The van der Waals surface area contributed by atoms with E-state index in [2.05, 4.69) is 252 Å². The highest BCUT2D eigenvalue weighted by Gasteiger charge is 2.25. The van der Waals surface area contributed by atoms with Crippen molar-refractivity contribution in [2.24, 2.45) is 0 Å². The molecule has 0 atom stereocenters. The lowest BCUT2D eigenvalue weighted by molar-refractivity contribution is 1.32. The Bertz CT molecular complexity index is 5720. The zero-order valence-corrected chi connectivity index (χ0v) is 44.2. The van der Waals surface area contributed by atoms with Crippen LogP contribution in [-0.4, -0.2) is 13.2 Å². The van der Waals surface area contributed by atoms with Crippen molar-refractivity contribution in [3.05, 3.63) is 247 Å². The van der Waals surface area contributed by atoms with E-state index in [9.17, 15) is 5.26 Å². The van der Waals surface area contributed by atoms with Gasteiger partial charge in [-0.1, -0.05) is 121 Å². The number of rotatable bonds is 5. The molecule has 0 bridgehead atoms. The average molecular weight is 1020 g/mol. The first kappa shape index (κ1) is 43.6. The minimum Gasteiger partial charge on any atom is -0.308 e. The first-order valence-corrected chi connectivity index (χ1v) is 27.7. The number of hydrogen-bond acceptors (Lipinski definition) is 1. The first-order chi connectivity index (χ1) is 39.3. The Hall–Kier alpha value is -10.5. The molecule has 0 aliphatic rings. The van der Waals surface area contributed by atoms with Gasteiger partial charge in [0.25, 0.3) is 0 Å². The van der Waals surface area contributed by atoms with Crippen molar-refractivity contribution in [2.45, 2.75) is 20.8 Å². The lowest BCUT2D eigenvalue weighted by Gasteiger charge is -2.12. The minimum atomic E-state index is 0.663. The van der Waals surface area contributed by atoms with Gasteiger partial charge in [0.1, 0.15) is 0 Å². The van der Waals surface area contributed by atoms with Crippen molar-refractivity contribution in [1.29, 1.82) is 5.26 Å². The van der Waals surface area contributed by atoms with Crippen molar-refractivity contribution in [3.63, 3.8) is 0 Å². The standard InChI is InChI=1S/C76H46N4/c1-42-29-43(2)73(44(3)30-42)54-39-62-56-14-8-10-16-68(56)79-70-26-22-51(34-60(70)66(40-54)75(62)79)50-24-28-72-59(33-50)65-37-52(46-11-5-4-6-12-46)36-64-58-32-49(23-27-71(58)80(72)76(64)65)48-21-25-69-57(31-48)63-38-53(47-19-17-45(41-77)18-20-47)35-61-55-13-7-9-15-67(55)78(69)74(61)63/h4-40H,1-3H3. The summed E-state index contributed by atoms with van der Waals surface area (Å²) in [5.74, 6) is 0. The number of nitrogens with zero attached hydrogens (tertiary/aromatic N) is 4. The van der Waals surface area contributed by atoms with Gasteiger partial charge in [-0.15, -0.1) is 0 Å². The summed E-state index contributed by atoms with van der Waals surface area (Å²) in [7, 11) is 0. The van der Waals surface area contributed by atoms with Crippen LogP contribution in [-0.2, 0) is 0 Å². The SMILES string of the molecule is Cc1cc(C)c(-c2cc3c4ccccc4n4c5ccc(-c6ccc7c(c6)c6cc(-c8ccccc8)cc8c9cc(-c%10ccc%11c(c%10)c%10cc(-c%12ccc(C#N)cc%12)cc%12c%13ccccc%13n%11c%12%10)ccc9n7c86)cc5c(c2)c34)c(C)c1. The fourth-order valence-corrected chi connectivity index (χ4v) is 14.7. The molecule has 0 amide bonds. The van der Waals surface area contributed by atoms with E-state index in [0.717, 1.165) is 11.1 Å². The second kappa shape index (κ2) is 15.6. The van der Waals surface area contributed by atoms with Crippen LogP contribution in [0.1, 0.15) is 22.3 Å². The van der Waals surface area contributed by atoms with Crippen molar-refractivity contribution < 1.29 is 0 Å². The van der Waals surface area contributed by atoms with Crippen LogP contribution in [0.4, 0.5) is 0 Å². The minimum absolute atomic E-state index is 0.663. The van der Waals surface area contributed by atoms with Gasteiger partial charge in [-0.25, -0.2) is 0 Å². The Balaban J connectivity index is 0.821. The summed E-state index contributed by atoms with van der Waals surface area (Å²) in [5, 5.41) is 24.7. The van der Waals surface area contributed by atoms with Crippen LogP contribution in [0.3, 0.4) is 0 Å². The monoisotopic (exact) mass is 1010 g/mol. The number of fused-ring (bicyclic) bond motifs is 18. The molecule has 0 saturated carbocycles.